The van der Waals surface area contributed by atoms with Gasteiger partial charge in [0.25, 0.3) is 0 Å². The van der Waals surface area contributed by atoms with Gasteiger partial charge in [-0.1, -0.05) is 77.2 Å². The Kier molecular flexibility index (Phi) is 14.1. The van der Waals surface area contributed by atoms with Crippen LogP contribution >= 0.6 is 0 Å². The number of allylic oxidation sites excluding steroid dienone is 4. The van der Waals surface area contributed by atoms with Gasteiger partial charge in [0.15, 0.2) is 0 Å². The zero-order chi connectivity index (χ0) is 13.5. The van der Waals surface area contributed by atoms with Crippen LogP contribution in [0.4, 0.5) is 0 Å². The first-order chi connectivity index (χ1) is 8.77. The summed E-state index contributed by atoms with van der Waals surface area (Å²) in [6.07, 6.45) is 22.7. The lowest BCUT2D eigenvalue weighted by Crippen LogP contribution is -1.83. The molecule has 0 aliphatic heterocycles. The van der Waals surface area contributed by atoms with Crippen molar-refractivity contribution in [1.29, 1.82) is 0 Å². The van der Waals surface area contributed by atoms with E-state index in [1.54, 1.807) is 0 Å². The van der Waals surface area contributed by atoms with Crippen molar-refractivity contribution in [2.24, 2.45) is 5.92 Å². The molecule has 106 valence electrons. The first-order valence-corrected chi connectivity index (χ1v) is 8.07. The van der Waals surface area contributed by atoms with Crippen LogP contribution in [0.15, 0.2) is 24.3 Å². The van der Waals surface area contributed by atoms with Crippen molar-refractivity contribution in [3.63, 3.8) is 0 Å². The van der Waals surface area contributed by atoms with Crippen molar-refractivity contribution in [2.45, 2.75) is 85.0 Å². The average molecular weight is 250 g/mol. The summed E-state index contributed by atoms with van der Waals surface area (Å²) in [5.41, 5.74) is 0. The zero-order valence-corrected chi connectivity index (χ0v) is 13.0. The van der Waals surface area contributed by atoms with E-state index in [4.69, 9.17) is 0 Å². The summed E-state index contributed by atoms with van der Waals surface area (Å²) in [5.74, 6) is 0.831. The largest absolute Gasteiger partial charge is 0.0882 e. The molecule has 0 unspecified atom stereocenters. The second kappa shape index (κ2) is 14.5. The third-order valence-corrected chi connectivity index (χ3v) is 3.24. The molecule has 0 aromatic carbocycles. The minimum absolute atomic E-state index is 0.831. The molecule has 0 spiro atoms. The fraction of sp³-hybridized carbons (Fsp3) is 0.778. The van der Waals surface area contributed by atoms with E-state index in [0.29, 0.717) is 0 Å². The molecule has 0 aliphatic rings. The molecule has 0 aromatic heterocycles. The fourth-order valence-corrected chi connectivity index (χ4v) is 1.98. The summed E-state index contributed by atoms with van der Waals surface area (Å²) in [4.78, 5) is 0. The van der Waals surface area contributed by atoms with E-state index in [9.17, 15) is 0 Å². The number of rotatable bonds is 12. The molecule has 0 saturated heterocycles. The normalized spacial score (nSPS) is 12.2. The van der Waals surface area contributed by atoms with E-state index < -0.39 is 0 Å². The molecule has 0 aliphatic carbocycles. The Morgan fingerprint density at radius 1 is 0.722 bits per heavy atom. The topological polar surface area (TPSA) is 0 Å². The molecule has 0 N–H and O–H groups in total. The first kappa shape index (κ1) is 17.5. The molecular weight excluding hydrogens is 216 g/mol. The van der Waals surface area contributed by atoms with E-state index >= 15 is 0 Å². The standard InChI is InChI=1S/C18H34/c1-4-5-6-7-8-9-10-11-12-13-14-15-16-17-18(2)3/h11-12,14-15,18H,4-10,13,16-17H2,1-3H3. The van der Waals surface area contributed by atoms with Crippen LogP contribution in [0.5, 0.6) is 0 Å². The van der Waals surface area contributed by atoms with Crippen molar-refractivity contribution in [3.8, 4) is 0 Å². The van der Waals surface area contributed by atoms with Gasteiger partial charge in [-0.2, -0.15) is 0 Å². The second-order valence-electron chi connectivity index (χ2n) is 5.71. The van der Waals surface area contributed by atoms with Crippen LogP contribution < -0.4 is 0 Å². The van der Waals surface area contributed by atoms with Crippen LogP contribution in [-0.4, -0.2) is 0 Å². The number of unbranched alkanes of at least 4 members (excludes halogenated alkanes) is 6. The molecule has 0 nitrogen and oxygen atoms in total. The summed E-state index contributed by atoms with van der Waals surface area (Å²) in [7, 11) is 0. The Morgan fingerprint density at radius 3 is 2.00 bits per heavy atom. The van der Waals surface area contributed by atoms with Crippen molar-refractivity contribution >= 4 is 0 Å². The molecule has 0 radical (unpaired) electrons. The second-order valence-corrected chi connectivity index (χ2v) is 5.71. The third kappa shape index (κ3) is 15.5. The van der Waals surface area contributed by atoms with Gasteiger partial charge >= 0.3 is 0 Å². The van der Waals surface area contributed by atoms with E-state index in [1.807, 2.05) is 0 Å². The van der Waals surface area contributed by atoms with Gasteiger partial charge in [0.05, 0.1) is 0 Å². The van der Waals surface area contributed by atoms with Gasteiger partial charge in [-0.3, -0.25) is 0 Å². The van der Waals surface area contributed by atoms with Gasteiger partial charge in [-0.05, 0) is 38.0 Å². The highest BCUT2D eigenvalue weighted by atomic mass is 14.0. The molecule has 0 rings (SSSR count). The zero-order valence-electron chi connectivity index (χ0n) is 13.0. The summed E-state index contributed by atoms with van der Waals surface area (Å²) in [6.45, 7) is 6.85. The lowest BCUT2D eigenvalue weighted by molar-refractivity contribution is 0.594. The van der Waals surface area contributed by atoms with Crippen LogP contribution in [0, 0.1) is 5.92 Å². The van der Waals surface area contributed by atoms with E-state index in [1.165, 1.54) is 57.8 Å². The Hall–Kier alpha value is -0.520. The molecule has 18 heavy (non-hydrogen) atoms. The van der Waals surface area contributed by atoms with E-state index in [0.717, 1.165) is 12.3 Å². The minimum atomic E-state index is 0.831. The molecule has 0 heteroatoms. The Balaban J connectivity index is 3.18. The maximum atomic E-state index is 2.35. The summed E-state index contributed by atoms with van der Waals surface area (Å²) < 4.78 is 0. The summed E-state index contributed by atoms with van der Waals surface area (Å²) >= 11 is 0. The van der Waals surface area contributed by atoms with Crippen molar-refractivity contribution < 1.29 is 0 Å². The van der Waals surface area contributed by atoms with Gasteiger partial charge in [0, 0.05) is 0 Å². The number of hydrogen-bond donors (Lipinski definition) is 0. The molecule has 0 aromatic rings. The molecule has 0 bridgehead atoms. The maximum Gasteiger partial charge on any atom is -0.0169 e. The quantitative estimate of drug-likeness (QED) is 0.268. The summed E-state index contributed by atoms with van der Waals surface area (Å²) in [6, 6.07) is 0. The number of hydrogen-bond acceptors (Lipinski definition) is 0. The van der Waals surface area contributed by atoms with Gasteiger partial charge in [0.1, 0.15) is 0 Å². The average Bonchev–Trinajstić information content (AvgIpc) is 2.34. The van der Waals surface area contributed by atoms with E-state index in [2.05, 4.69) is 45.1 Å². The smallest absolute Gasteiger partial charge is 0.0169 e. The molecule has 0 atom stereocenters. The van der Waals surface area contributed by atoms with Crippen molar-refractivity contribution in [2.75, 3.05) is 0 Å². The highest BCUT2D eigenvalue weighted by Crippen LogP contribution is 2.07. The first-order valence-electron chi connectivity index (χ1n) is 8.07. The Bertz CT molecular complexity index is 198. The SMILES string of the molecule is CCCCCCCCC=CCC=CCCC(C)C. The Labute approximate surface area is 116 Å². The molecular formula is C18H34. The third-order valence-electron chi connectivity index (χ3n) is 3.24. The summed E-state index contributed by atoms with van der Waals surface area (Å²) in [5, 5.41) is 0. The monoisotopic (exact) mass is 250 g/mol. The van der Waals surface area contributed by atoms with Gasteiger partial charge in [-0.25, -0.2) is 0 Å². The van der Waals surface area contributed by atoms with Gasteiger partial charge in [-0.15, -0.1) is 0 Å². The van der Waals surface area contributed by atoms with Crippen LogP contribution in [0.2, 0.25) is 0 Å². The predicted octanol–water partition coefficient (Wildman–Crippen LogP) is 6.68. The molecule has 0 amide bonds. The van der Waals surface area contributed by atoms with Crippen molar-refractivity contribution in [1.82, 2.24) is 0 Å². The minimum Gasteiger partial charge on any atom is -0.0882 e. The van der Waals surface area contributed by atoms with Crippen LogP contribution in [-0.2, 0) is 0 Å². The van der Waals surface area contributed by atoms with Crippen LogP contribution in [0.3, 0.4) is 0 Å². The van der Waals surface area contributed by atoms with Crippen LogP contribution in [0.1, 0.15) is 85.0 Å². The molecule has 0 heterocycles. The molecule has 0 saturated carbocycles. The lowest BCUT2D eigenvalue weighted by Gasteiger charge is -1.98. The van der Waals surface area contributed by atoms with Gasteiger partial charge < -0.3 is 0 Å². The van der Waals surface area contributed by atoms with E-state index in [-0.39, 0.29) is 0 Å². The van der Waals surface area contributed by atoms with Crippen molar-refractivity contribution in [3.05, 3.63) is 24.3 Å². The lowest BCUT2D eigenvalue weighted by atomic mass is 10.1. The molecule has 0 fully saturated rings. The fourth-order valence-electron chi connectivity index (χ4n) is 1.98. The maximum absolute atomic E-state index is 2.35. The highest BCUT2D eigenvalue weighted by Gasteiger charge is 1.89. The Morgan fingerprint density at radius 2 is 1.33 bits per heavy atom. The van der Waals surface area contributed by atoms with Gasteiger partial charge in [0.2, 0.25) is 0 Å². The van der Waals surface area contributed by atoms with Crippen LogP contribution in [0.25, 0.3) is 0 Å². The highest BCUT2D eigenvalue weighted by molar-refractivity contribution is 4.92. The predicted molar refractivity (Wildman–Crippen MR) is 85.0 cm³/mol.